The van der Waals surface area contributed by atoms with E-state index in [9.17, 15) is 9.90 Å². The smallest absolute Gasteiger partial charge is 0.274 e. The molecular weight excluding hydrogens is 218 g/mol. The monoisotopic (exact) mass is 227 g/mol. The first-order valence-electron chi connectivity index (χ1n) is 4.61. The quantitative estimate of drug-likeness (QED) is 0.751. The zero-order valence-electron chi connectivity index (χ0n) is 7.93. The maximum absolute atomic E-state index is 11.8. The lowest BCUT2D eigenvalue weighted by atomic mass is 10.3. The summed E-state index contributed by atoms with van der Waals surface area (Å²) in [5.74, 6) is -0.235. The molecular formula is C9H10ClN3O2. The number of aliphatic hydroxyl groups is 1. The number of carbonyl (C=O) groups excluding carboxylic acids is 1. The van der Waals surface area contributed by atoms with Crippen molar-refractivity contribution >= 4 is 17.5 Å². The molecule has 1 aliphatic rings. The van der Waals surface area contributed by atoms with Crippen LogP contribution in [-0.4, -0.2) is 45.1 Å². The number of aliphatic hydroxyl groups excluding tert-OH is 1. The highest BCUT2D eigenvalue weighted by molar-refractivity contribution is 6.29. The van der Waals surface area contributed by atoms with Crippen LogP contribution in [0.5, 0.6) is 0 Å². The van der Waals surface area contributed by atoms with Crippen LogP contribution in [0.15, 0.2) is 12.4 Å². The van der Waals surface area contributed by atoms with Crippen molar-refractivity contribution in [2.45, 2.75) is 12.5 Å². The number of amides is 1. The Morgan fingerprint density at radius 1 is 1.60 bits per heavy atom. The maximum Gasteiger partial charge on any atom is 0.274 e. The van der Waals surface area contributed by atoms with Crippen molar-refractivity contribution in [2.24, 2.45) is 0 Å². The van der Waals surface area contributed by atoms with Crippen molar-refractivity contribution in [1.82, 2.24) is 14.9 Å². The number of β-amino-alcohol motifs (C(OH)–C–C–N with tert-alkyl or cyclic N) is 1. The first-order chi connectivity index (χ1) is 7.16. The highest BCUT2D eigenvalue weighted by atomic mass is 35.5. The number of hydrogen-bond donors (Lipinski definition) is 1. The van der Waals surface area contributed by atoms with Gasteiger partial charge < -0.3 is 10.0 Å². The molecule has 1 aliphatic heterocycles. The Morgan fingerprint density at radius 3 is 3.00 bits per heavy atom. The van der Waals surface area contributed by atoms with E-state index in [0.717, 1.165) is 0 Å². The third kappa shape index (κ3) is 2.24. The van der Waals surface area contributed by atoms with Crippen molar-refractivity contribution in [3.63, 3.8) is 0 Å². The van der Waals surface area contributed by atoms with Crippen LogP contribution in [0.2, 0.25) is 5.15 Å². The summed E-state index contributed by atoms with van der Waals surface area (Å²) in [6.45, 7) is 0.904. The molecule has 2 rings (SSSR count). The van der Waals surface area contributed by atoms with Crippen molar-refractivity contribution in [3.05, 3.63) is 23.2 Å². The van der Waals surface area contributed by atoms with Crippen LogP contribution < -0.4 is 0 Å². The van der Waals surface area contributed by atoms with E-state index in [1.54, 1.807) is 4.90 Å². The summed E-state index contributed by atoms with van der Waals surface area (Å²) in [7, 11) is 0. The van der Waals surface area contributed by atoms with Crippen LogP contribution in [-0.2, 0) is 0 Å². The largest absolute Gasteiger partial charge is 0.391 e. The van der Waals surface area contributed by atoms with Crippen molar-refractivity contribution in [1.29, 1.82) is 0 Å². The summed E-state index contributed by atoms with van der Waals surface area (Å²) in [6.07, 6.45) is 2.93. The van der Waals surface area contributed by atoms with Gasteiger partial charge in [-0.05, 0) is 6.42 Å². The summed E-state index contributed by atoms with van der Waals surface area (Å²) >= 11 is 5.63. The molecule has 80 valence electrons. The average Bonchev–Trinajstić information content (AvgIpc) is 2.64. The fraction of sp³-hybridized carbons (Fsp3) is 0.444. The molecule has 0 aliphatic carbocycles. The van der Waals surface area contributed by atoms with Gasteiger partial charge in [0.2, 0.25) is 0 Å². The van der Waals surface area contributed by atoms with E-state index in [0.29, 0.717) is 19.5 Å². The second-order valence-electron chi connectivity index (χ2n) is 3.42. The number of rotatable bonds is 1. The summed E-state index contributed by atoms with van der Waals surface area (Å²) < 4.78 is 0. The lowest BCUT2D eigenvalue weighted by Crippen LogP contribution is -2.30. The molecule has 1 saturated heterocycles. The molecule has 1 aromatic rings. The van der Waals surface area contributed by atoms with Gasteiger partial charge in [0.05, 0.1) is 18.5 Å². The molecule has 1 fully saturated rings. The minimum Gasteiger partial charge on any atom is -0.391 e. The predicted molar refractivity (Wildman–Crippen MR) is 53.6 cm³/mol. The van der Waals surface area contributed by atoms with Gasteiger partial charge in [0.25, 0.3) is 5.91 Å². The Balaban J connectivity index is 2.14. The minimum absolute atomic E-state index is 0.195. The van der Waals surface area contributed by atoms with Gasteiger partial charge in [-0.2, -0.15) is 0 Å². The fourth-order valence-electron chi connectivity index (χ4n) is 1.53. The Labute approximate surface area is 91.7 Å². The zero-order valence-corrected chi connectivity index (χ0v) is 8.68. The van der Waals surface area contributed by atoms with Crippen LogP contribution in [0.25, 0.3) is 0 Å². The summed E-state index contributed by atoms with van der Waals surface area (Å²) in [5, 5.41) is 9.49. The Hall–Kier alpha value is -1.20. The fourth-order valence-corrected chi connectivity index (χ4v) is 1.68. The van der Waals surface area contributed by atoms with Crippen molar-refractivity contribution in [2.75, 3.05) is 13.1 Å². The summed E-state index contributed by atoms with van der Waals surface area (Å²) in [4.78, 5) is 21.0. The molecule has 0 spiro atoms. The molecule has 2 heterocycles. The first kappa shape index (κ1) is 10.3. The summed E-state index contributed by atoms with van der Waals surface area (Å²) in [6, 6.07) is 0. The van der Waals surface area contributed by atoms with Gasteiger partial charge >= 0.3 is 0 Å². The van der Waals surface area contributed by atoms with E-state index in [1.807, 2.05) is 0 Å². The first-order valence-corrected chi connectivity index (χ1v) is 4.99. The van der Waals surface area contributed by atoms with Gasteiger partial charge in [-0.25, -0.2) is 4.98 Å². The summed E-state index contributed by atoms with van der Waals surface area (Å²) in [5.41, 5.74) is 0.219. The van der Waals surface area contributed by atoms with Crippen LogP contribution in [0.1, 0.15) is 16.9 Å². The molecule has 1 N–H and O–H groups in total. The van der Waals surface area contributed by atoms with Crippen molar-refractivity contribution < 1.29 is 9.90 Å². The van der Waals surface area contributed by atoms with Gasteiger partial charge in [-0.15, -0.1) is 0 Å². The van der Waals surface area contributed by atoms with Gasteiger partial charge in [-0.1, -0.05) is 11.6 Å². The van der Waals surface area contributed by atoms with E-state index < -0.39 is 6.10 Å². The molecule has 15 heavy (non-hydrogen) atoms. The second kappa shape index (κ2) is 4.12. The molecule has 0 bridgehead atoms. The minimum atomic E-state index is -0.430. The lowest BCUT2D eigenvalue weighted by molar-refractivity contribution is 0.0759. The standard InChI is InChI=1S/C9H10ClN3O2/c10-8-4-11-3-7(12-8)9(15)13-2-1-6(14)5-13/h3-4,6,14H,1-2,5H2/t6-/m0/s1. The van der Waals surface area contributed by atoms with Gasteiger partial charge in [0, 0.05) is 13.1 Å². The molecule has 0 unspecified atom stereocenters. The maximum atomic E-state index is 11.8. The molecule has 1 amide bonds. The van der Waals surface area contributed by atoms with Gasteiger partial charge in [-0.3, -0.25) is 9.78 Å². The molecule has 5 nitrogen and oxygen atoms in total. The predicted octanol–water partition coefficient (Wildman–Crippen LogP) is 0.337. The van der Waals surface area contributed by atoms with Crippen LogP contribution in [0.4, 0.5) is 0 Å². The third-order valence-corrected chi connectivity index (χ3v) is 2.46. The van der Waals surface area contributed by atoms with E-state index in [4.69, 9.17) is 11.6 Å². The molecule has 1 atom stereocenters. The molecule has 0 radical (unpaired) electrons. The van der Waals surface area contributed by atoms with Crippen LogP contribution in [0, 0.1) is 0 Å². The highest BCUT2D eigenvalue weighted by Crippen LogP contribution is 2.12. The SMILES string of the molecule is O=C(c1cncc(Cl)n1)N1CC[C@H](O)C1. The van der Waals surface area contributed by atoms with E-state index in [1.165, 1.54) is 12.4 Å². The molecule has 0 saturated carbocycles. The lowest BCUT2D eigenvalue weighted by Gasteiger charge is -2.14. The van der Waals surface area contributed by atoms with E-state index >= 15 is 0 Å². The third-order valence-electron chi connectivity index (χ3n) is 2.27. The van der Waals surface area contributed by atoms with Gasteiger partial charge in [0.15, 0.2) is 0 Å². The number of aromatic nitrogens is 2. The molecule has 0 aromatic carbocycles. The average molecular weight is 228 g/mol. The highest BCUT2D eigenvalue weighted by Gasteiger charge is 2.26. The number of hydrogen-bond acceptors (Lipinski definition) is 4. The number of carbonyl (C=O) groups is 1. The number of halogens is 1. The number of likely N-dealkylation sites (tertiary alicyclic amines) is 1. The van der Waals surface area contributed by atoms with Crippen LogP contribution in [0.3, 0.4) is 0 Å². The second-order valence-corrected chi connectivity index (χ2v) is 3.81. The molecule has 1 aromatic heterocycles. The van der Waals surface area contributed by atoms with E-state index in [-0.39, 0.29) is 16.8 Å². The topological polar surface area (TPSA) is 66.3 Å². The zero-order chi connectivity index (χ0) is 10.8. The Kier molecular flexibility index (Phi) is 2.83. The van der Waals surface area contributed by atoms with Crippen molar-refractivity contribution in [3.8, 4) is 0 Å². The Bertz CT molecular complexity index is 385. The van der Waals surface area contributed by atoms with E-state index in [2.05, 4.69) is 9.97 Å². The van der Waals surface area contributed by atoms with Gasteiger partial charge in [0.1, 0.15) is 10.8 Å². The van der Waals surface area contributed by atoms with Crippen LogP contribution >= 0.6 is 11.6 Å². The normalized spacial score (nSPS) is 20.7. The number of nitrogens with zero attached hydrogens (tertiary/aromatic N) is 3. The Morgan fingerprint density at radius 2 is 2.40 bits per heavy atom. The molecule has 6 heteroatoms.